The van der Waals surface area contributed by atoms with Crippen LogP contribution in [0.25, 0.3) is 0 Å². The highest BCUT2D eigenvalue weighted by Crippen LogP contribution is 2.22. The van der Waals surface area contributed by atoms with Gasteiger partial charge in [0.2, 0.25) is 10.0 Å². The number of ether oxygens (including phenoxy) is 1. The number of nitrogens with one attached hydrogen (secondary N) is 1. The molecule has 11 heteroatoms. The zero-order valence-corrected chi connectivity index (χ0v) is 16.3. The Hall–Kier alpha value is -3.31. The maximum absolute atomic E-state index is 11.9. The van der Waals surface area contributed by atoms with Crippen molar-refractivity contribution in [2.45, 2.75) is 24.7 Å². The van der Waals surface area contributed by atoms with Crippen LogP contribution in [0.4, 0.5) is 11.4 Å². The first-order valence-electron chi connectivity index (χ1n) is 8.38. The monoisotopic (exact) mass is 421 g/mol. The van der Waals surface area contributed by atoms with E-state index in [0.717, 1.165) is 0 Å². The molecular weight excluding hydrogens is 402 g/mol. The number of nitrogens with zero attached hydrogens (tertiary/aromatic N) is 1. The Morgan fingerprint density at radius 1 is 1.17 bits per heavy atom. The Kier molecular flexibility index (Phi) is 7.02. The van der Waals surface area contributed by atoms with Crippen LogP contribution in [0.3, 0.4) is 0 Å². The molecular formula is C18H19N3O7S. The number of sulfonamides is 1. The van der Waals surface area contributed by atoms with Gasteiger partial charge in [-0.3, -0.25) is 19.7 Å². The molecule has 3 N–H and O–H groups in total. The lowest BCUT2D eigenvalue weighted by molar-refractivity contribution is -0.385. The molecule has 0 aromatic heterocycles. The number of nitrogens with two attached hydrogens (primary N) is 1. The summed E-state index contributed by atoms with van der Waals surface area (Å²) in [6, 6.07) is 9.97. The Morgan fingerprint density at radius 2 is 1.83 bits per heavy atom. The van der Waals surface area contributed by atoms with Crippen molar-refractivity contribution in [3.8, 4) is 0 Å². The number of carbonyl (C=O) groups excluding carboxylic acids is 2. The zero-order valence-electron chi connectivity index (χ0n) is 15.5. The van der Waals surface area contributed by atoms with Crippen molar-refractivity contribution in [2.75, 3.05) is 11.9 Å². The molecule has 10 nitrogen and oxygen atoms in total. The van der Waals surface area contributed by atoms with Gasteiger partial charge in [-0.05, 0) is 37.1 Å². The minimum Gasteiger partial charge on any atom is -0.456 e. The zero-order chi connectivity index (χ0) is 21.6. The predicted molar refractivity (Wildman–Crippen MR) is 104 cm³/mol. The van der Waals surface area contributed by atoms with Crippen molar-refractivity contribution in [1.29, 1.82) is 0 Å². The standard InChI is InChI=1S/C18H19N3O7S/c1-12-2-6-14(10-16(12)21(24)25)20-17(22)11-28-18(23)9-5-13-3-7-15(8-4-13)29(19,26)27/h2-4,6-8,10H,5,9,11H2,1H3,(H,20,22)(H2,19,26,27). The van der Waals surface area contributed by atoms with Crippen molar-refractivity contribution in [3.05, 3.63) is 63.7 Å². The van der Waals surface area contributed by atoms with Gasteiger partial charge >= 0.3 is 5.97 Å². The first-order valence-corrected chi connectivity index (χ1v) is 9.93. The number of amides is 1. The van der Waals surface area contributed by atoms with Crippen LogP contribution in [0.2, 0.25) is 0 Å². The van der Waals surface area contributed by atoms with Crippen molar-refractivity contribution < 1.29 is 27.7 Å². The fourth-order valence-electron chi connectivity index (χ4n) is 2.39. The van der Waals surface area contributed by atoms with Crippen LogP contribution in [0.5, 0.6) is 0 Å². The number of carbonyl (C=O) groups is 2. The number of nitro groups is 1. The maximum Gasteiger partial charge on any atom is 0.306 e. The smallest absolute Gasteiger partial charge is 0.306 e. The first-order chi connectivity index (χ1) is 13.6. The highest BCUT2D eigenvalue weighted by molar-refractivity contribution is 7.89. The Bertz CT molecular complexity index is 1030. The number of primary sulfonamides is 1. The number of benzene rings is 2. The molecule has 0 heterocycles. The SMILES string of the molecule is Cc1ccc(NC(=O)COC(=O)CCc2ccc(S(N)(=O)=O)cc2)cc1[N+](=O)[O-]. The number of esters is 1. The summed E-state index contributed by atoms with van der Waals surface area (Å²) in [5.74, 6) is -1.25. The van der Waals surface area contributed by atoms with Gasteiger partial charge in [0.1, 0.15) is 0 Å². The summed E-state index contributed by atoms with van der Waals surface area (Å²) >= 11 is 0. The van der Waals surface area contributed by atoms with Gasteiger partial charge in [0.15, 0.2) is 6.61 Å². The van der Waals surface area contributed by atoms with Crippen LogP contribution in [0, 0.1) is 17.0 Å². The van der Waals surface area contributed by atoms with Crippen molar-refractivity contribution in [1.82, 2.24) is 0 Å². The molecule has 2 rings (SSSR count). The molecule has 29 heavy (non-hydrogen) atoms. The number of hydrogen-bond donors (Lipinski definition) is 2. The van der Waals surface area contributed by atoms with Gasteiger partial charge in [0, 0.05) is 23.7 Å². The van der Waals surface area contributed by atoms with E-state index in [-0.39, 0.29) is 29.1 Å². The van der Waals surface area contributed by atoms with Gasteiger partial charge in [-0.25, -0.2) is 13.6 Å². The average molecular weight is 421 g/mol. The molecule has 0 fully saturated rings. The number of hydrogen-bond acceptors (Lipinski definition) is 7. The number of rotatable bonds is 8. The molecule has 0 aliphatic carbocycles. The molecule has 0 saturated heterocycles. The van der Waals surface area contributed by atoms with Gasteiger partial charge in [-0.1, -0.05) is 18.2 Å². The van der Waals surface area contributed by atoms with Crippen LogP contribution >= 0.6 is 0 Å². The lowest BCUT2D eigenvalue weighted by atomic mass is 10.1. The average Bonchev–Trinajstić information content (AvgIpc) is 2.65. The second-order valence-corrected chi connectivity index (χ2v) is 7.72. The number of aryl methyl sites for hydroxylation is 2. The van der Waals surface area contributed by atoms with E-state index in [1.807, 2.05) is 0 Å². The van der Waals surface area contributed by atoms with Gasteiger partial charge in [0.25, 0.3) is 11.6 Å². The van der Waals surface area contributed by atoms with Gasteiger partial charge in [-0.2, -0.15) is 0 Å². The minimum atomic E-state index is -3.78. The molecule has 154 valence electrons. The normalized spacial score (nSPS) is 11.0. The van der Waals surface area contributed by atoms with Crippen LogP contribution in [0.15, 0.2) is 47.4 Å². The minimum absolute atomic E-state index is 0.0159. The fraction of sp³-hybridized carbons (Fsp3) is 0.222. The molecule has 0 aliphatic heterocycles. The van der Waals surface area contributed by atoms with Crippen LogP contribution < -0.4 is 10.5 Å². The van der Waals surface area contributed by atoms with E-state index in [4.69, 9.17) is 9.88 Å². The third kappa shape index (κ3) is 6.66. The van der Waals surface area contributed by atoms with E-state index in [0.29, 0.717) is 11.1 Å². The number of anilines is 1. The van der Waals surface area contributed by atoms with E-state index < -0.39 is 33.4 Å². The highest BCUT2D eigenvalue weighted by Gasteiger charge is 2.14. The summed E-state index contributed by atoms with van der Waals surface area (Å²) in [7, 11) is -3.78. The third-order valence-corrected chi connectivity index (χ3v) is 4.85. The quantitative estimate of drug-likeness (QED) is 0.372. The molecule has 0 aliphatic rings. The Morgan fingerprint density at radius 3 is 2.41 bits per heavy atom. The van der Waals surface area contributed by atoms with Crippen molar-refractivity contribution in [3.63, 3.8) is 0 Å². The van der Waals surface area contributed by atoms with Gasteiger partial charge in [0.05, 0.1) is 9.82 Å². The van der Waals surface area contributed by atoms with E-state index in [1.54, 1.807) is 6.92 Å². The van der Waals surface area contributed by atoms with Crippen LogP contribution in [-0.4, -0.2) is 31.8 Å². The summed E-state index contributed by atoms with van der Waals surface area (Å²) in [4.78, 5) is 34.0. The fourth-order valence-corrected chi connectivity index (χ4v) is 2.91. The summed E-state index contributed by atoms with van der Waals surface area (Å²) in [6.07, 6.45) is 0.271. The topological polar surface area (TPSA) is 159 Å². The lowest BCUT2D eigenvalue weighted by Gasteiger charge is -2.08. The molecule has 2 aromatic carbocycles. The van der Waals surface area contributed by atoms with E-state index >= 15 is 0 Å². The highest BCUT2D eigenvalue weighted by atomic mass is 32.2. The summed E-state index contributed by atoms with van der Waals surface area (Å²) in [5, 5.41) is 18.4. The van der Waals surface area contributed by atoms with Crippen LogP contribution in [-0.2, 0) is 30.8 Å². The molecule has 0 atom stereocenters. The Balaban J connectivity index is 1.81. The second kappa shape index (κ2) is 9.26. The predicted octanol–water partition coefficient (Wildman–Crippen LogP) is 1.67. The largest absolute Gasteiger partial charge is 0.456 e. The maximum atomic E-state index is 11.9. The lowest BCUT2D eigenvalue weighted by Crippen LogP contribution is -2.21. The molecule has 0 saturated carbocycles. The summed E-state index contributed by atoms with van der Waals surface area (Å²) in [6.45, 7) is 1.04. The summed E-state index contributed by atoms with van der Waals surface area (Å²) in [5.41, 5.74) is 1.24. The van der Waals surface area contributed by atoms with Crippen molar-refractivity contribution >= 4 is 33.3 Å². The van der Waals surface area contributed by atoms with Gasteiger partial charge < -0.3 is 10.1 Å². The van der Waals surface area contributed by atoms with E-state index in [9.17, 15) is 28.1 Å². The second-order valence-electron chi connectivity index (χ2n) is 6.16. The number of nitro benzene ring substituents is 1. The molecule has 0 spiro atoms. The van der Waals surface area contributed by atoms with Crippen LogP contribution in [0.1, 0.15) is 17.5 Å². The van der Waals surface area contributed by atoms with Gasteiger partial charge in [-0.15, -0.1) is 0 Å². The van der Waals surface area contributed by atoms with Crippen molar-refractivity contribution in [2.24, 2.45) is 5.14 Å². The van der Waals surface area contributed by atoms with E-state index in [1.165, 1.54) is 42.5 Å². The first kappa shape index (κ1) is 22.0. The summed E-state index contributed by atoms with van der Waals surface area (Å²) < 4.78 is 27.3. The Labute approximate surface area is 166 Å². The molecule has 0 unspecified atom stereocenters. The molecule has 2 aromatic rings. The van der Waals surface area contributed by atoms with E-state index in [2.05, 4.69) is 5.32 Å². The third-order valence-electron chi connectivity index (χ3n) is 3.92. The molecule has 0 bridgehead atoms. The molecule has 1 amide bonds. The molecule has 0 radical (unpaired) electrons.